The Morgan fingerprint density at radius 2 is 1.90 bits per heavy atom. The van der Waals surface area contributed by atoms with E-state index in [0.29, 0.717) is 0 Å². The van der Waals surface area contributed by atoms with E-state index < -0.39 is 23.6 Å². The smallest absolute Gasteiger partial charge is 0.405 e. The molecule has 0 aromatic heterocycles. The van der Waals surface area contributed by atoms with Gasteiger partial charge in [0.1, 0.15) is 5.75 Å². The van der Waals surface area contributed by atoms with Crippen molar-refractivity contribution >= 4 is 5.91 Å². The number of aliphatic hydroxyl groups is 1. The van der Waals surface area contributed by atoms with Gasteiger partial charge in [-0.3, -0.25) is 4.79 Å². The number of para-hydroxylation sites is 1. The molecule has 21 heavy (non-hydrogen) atoms. The van der Waals surface area contributed by atoms with Crippen molar-refractivity contribution < 1.29 is 27.8 Å². The Morgan fingerprint density at radius 3 is 2.43 bits per heavy atom. The second-order valence-corrected chi connectivity index (χ2v) is 5.24. The highest BCUT2D eigenvalue weighted by atomic mass is 19.4. The first-order valence-electron chi connectivity index (χ1n) is 6.38. The molecule has 1 amide bonds. The van der Waals surface area contributed by atoms with Crippen LogP contribution in [0.4, 0.5) is 13.2 Å². The molecule has 0 aliphatic carbocycles. The first kappa shape index (κ1) is 17.3. The van der Waals surface area contributed by atoms with Crippen LogP contribution in [0.3, 0.4) is 0 Å². The molecular weight excluding hydrogens is 287 g/mol. The third-order valence-corrected chi connectivity index (χ3v) is 3.21. The van der Waals surface area contributed by atoms with Gasteiger partial charge in [-0.2, -0.15) is 0 Å². The zero-order chi connectivity index (χ0) is 16.3. The van der Waals surface area contributed by atoms with Crippen LogP contribution in [0.2, 0.25) is 0 Å². The zero-order valence-corrected chi connectivity index (χ0v) is 12.0. The molecule has 0 saturated carbocycles. The van der Waals surface area contributed by atoms with Crippen molar-refractivity contribution in [3.05, 3.63) is 29.8 Å². The summed E-state index contributed by atoms with van der Waals surface area (Å²) in [4.78, 5) is 12.0. The van der Waals surface area contributed by atoms with Crippen LogP contribution in [0.5, 0.6) is 5.75 Å². The Balaban J connectivity index is 2.84. The predicted molar refractivity (Wildman–Crippen MR) is 70.9 cm³/mol. The summed E-state index contributed by atoms with van der Waals surface area (Å²) in [5.41, 5.74) is -1.40. The lowest BCUT2D eigenvalue weighted by molar-refractivity contribution is -0.274. The van der Waals surface area contributed by atoms with Crippen molar-refractivity contribution in [2.75, 3.05) is 6.54 Å². The lowest BCUT2D eigenvalue weighted by atomic mass is 9.92. The third kappa shape index (κ3) is 5.26. The van der Waals surface area contributed by atoms with E-state index >= 15 is 0 Å². The van der Waals surface area contributed by atoms with Gasteiger partial charge in [0, 0.05) is 6.54 Å². The third-order valence-electron chi connectivity index (χ3n) is 3.21. The standard InChI is InChI=1S/C14H18F3NO3/c1-9(2)13(3,20)8-18-12(19)10-6-4-5-7-11(10)21-14(15,16)17/h4-7,9,20H,8H2,1-3H3,(H,18,19). The summed E-state index contributed by atoms with van der Waals surface area (Å²) in [6.07, 6.45) is -4.88. The van der Waals surface area contributed by atoms with Crippen LogP contribution in [0.1, 0.15) is 31.1 Å². The number of hydrogen-bond donors (Lipinski definition) is 2. The van der Waals surface area contributed by atoms with Crippen molar-refractivity contribution in [3.8, 4) is 5.75 Å². The van der Waals surface area contributed by atoms with Crippen LogP contribution >= 0.6 is 0 Å². The molecule has 0 heterocycles. The minimum absolute atomic E-state index is 0.0795. The molecule has 0 aliphatic heterocycles. The average Bonchev–Trinajstić information content (AvgIpc) is 2.34. The summed E-state index contributed by atoms with van der Waals surface area (Å²) in [5, 5.41) is 12.4. The highest BCUT2D eigenvalue weighted by Gasteiger charge is 2.33. The average molecular weight is 305 g/mol. The first-order valence-corrected chi connectivity index (χ1v) is 6.38. The monoisotopic (exact) mass is 305 g/mol. The maximum absolute atomic E-state index is 12.3. The van der Waals surface area contributed by atoms with E-state index in [1.54, 1.807) is 13.8 Å². The molecule has 0 aliphatic rings. The summed E-state index contributed by atoms with van der Waals surface area (Å²) in [5.74, 6) is -1.44. The Labute approximate surface area is 120 Å². The molecule has 1 atom stereocenters. The first-order chi connectivity index (χ1) is 9.53. The van der Waals surface area contributed by atoms with Gasteiger partial charge in [0.2, 0.25) is 0 Å². The number of halogens is 3. The number of carbonyl (C=O) groups excluding carboxylic acids is 1. The van der Waals surface area contributed by atoms with Gasteiger partial charge in [-0.25, -0.2) is 0 Å². The van der Waals surface area contributed by atoms with Crippen LogP contribution in [-0.4, -0.2) is 29.5 Å². The highest BCUT2D eigenvalue weighted by Crippen LogP contribution is 2.26. The van der Waals surface area contributed by atoms with Crippen molar-refractivity contribution in [1.29, 1.82) is 0 Å². The van der Waals surface area contributed by atoms with Gasteiger partial charge in [-0.05, 0) is 25.0 Å². The quantitative estimate of drug-likeness (QED) is 0.879. The van der Waals surface area contributed by atoms with E-state index in [-0.39, 0.29) is 18.0 Å². The molecule has 118 valence electrons. The SMILES string of the molecule is CC(C)C(C)(O)CNC(=O)c1ccccc1OC(F)(F)F. The number of benzene rings is 1. The minimum Gasteiger partial charge on any atom is -0.405 e. The highest BCUT2D eigenvalue weighted by molar-refractivity contribution is 5.96. The number of rotatable bonds is 5. The van der Waals surface area contributed by atoms with Crippen LogP contribution in [0.25, 0.3) is 0 Å². The summed E-state index contributed by atoms with van der Waals surface area (Å²) >= 11 is 0. The van der Waals surface area contributed by atoms with Gasteiger partial charge in [0.05, 0.1) is 11.2 Å². The van der Waals surface area contributed by atoms with E-state index in [1.165, 1.54) is 25.1 Å². The summed E-state index contributed by atoms with van der Waals surface area (Å²) < 4.78 is 40.6. The molecule has 7 heteroatoms. The van der Waals surface area contributed by atoms with Crippen molar-refractivity contribution in [2.24, 2.45) is 5.92 Å². The van der Waals surface area contributed by atoms with Crippen molar-refractivity contribution in [2.45, 2.75) is 32.7 Å². The maximum Gasteiger partial charge on any atom is 0.573 e. The fourth-order valence-electron chi connectivity index (χ4n) is 1.43. The van der Waals surface area contributed by atoms with Crippen LogP contribution in [0.15, 0.2) is 24.3 Å². The summed E-state index contributed by atoms with van der Waals surface area (Å²) in [6.45, 7) is 5.00. The normalized spacial score (nSPS) is 14.7. The molecule has 0 spiro atoms. The van der Waals surface area contributed by atoms with Crippen LogP contribution < -0.4 is 10.1 Å². The van der Waals surface area contributed by atoms with Gasteiger partial charge in [-0.1, -0.05) is 26.0 Å². The van der Waals surface area contributed by atoms with Crippen molar-refractivity contribution in [3.63, 3.8) is 0 Å². The number of hydrogen-bond acceptors (Lipinski definition) is 3. The number of carbonyl (C=O) groups is 1. The summed E-state index contributed by atoms with van der Waals surface area (Å²) in [6, 6.07) is 5.05. The Hall–Kier alpha value is -1.76. The second-order valence-electron chi connectivity index (χ2n) is 5.24. The molecule has 2 N–H and O–H groups in total. The van der Waals surface area contributed by atoms with Gasteiger partial charge in [0.25, 0.3) is 5.91 Å². The molecule has 1 aromatic rings. The second kappa shape index (κ2) is 6.34. The van der Waals surface area contributed by atoms with Crippen molar-refractivity contribution in [1.82, 2.24) is 5.32 Å². The van der Waals surface area contributed by atoms with E-state index in [4.69, 9.17) is 0 Å². The largest absolute Gasteiger partial charge is 0.573 e. The number of amides is 1. The molecule has 4 nitrogen and oxygen atoms in total. The number of ether oxygens (including phenoxy) is 1. The molecule has 0 fully saturated rings. The Kier molecular flexibility index (Phi) is 5.22. The van der Waals surface area contributed by atoms with E-state index in [1.807, 2.05) is 0 Å². The molecule has 1 aromatic carbocycles. The maximum atomic E-state index is 12.3. The van der Waals surface area contributed by atoms with Gasteiger partial charge in [-0.15, -0.1) is 13.2 Å². The summed E-state index contributed by atoms with van der Waals surface area (Å²) in [7, 11) is 0. The number of nitrogens with one attached hydrogen (secondary N) is 1. The van der Waals surface area contributed by atoms with E-state index in [2.05, 4.69) is 10.1 Å². The van der Waals surface area contributed by atoms with Gasteiger partial charge < -0.3 is 15.2 Å². The predicted octanol–water partition coefficient (Wildman–Crippen LogP) is 2.72. The van der Waals surface area contributed by atoms with Gasteiger partial charge in [0.15, 0.2) is 0 Å². The van der Waals surface area contributed by atoms with E-state index in [9.17, 15) is 23.1 Å². The number of alkyl halides is 3. The lowest BCUT2D eigenvalue weighted by Crippen LogP contribution is -2.44. The molecular formula is C14H18F3NO3. The fourth-order valence-corrected chi connectivity index (χ4v) is 1.43. The topological polar surface area (TPSA) is 58.6 Å². The fraction of sp³-hybridized carbons (Fsp3) is 0.500. The van der Waals surface area contributed by atoms with Crippen LogP contribution in [0, 0.1) is 5.92 Å². The Bertz CT molecular complexity index is 498. The molecule has 1 unspecified atom stereocenters. The molecule has 1 rings (SSSR count). The zero-order valence-electron chi connectivity index (χ0n) is 12.0. The van der Waals surface area contributed by atoms with Gasteiger partial charge >= 0.3 is 6.36 Å². The van der Waals surface area contributed by atoms with E-state index in [0.717, 1.165) is 6.07 Å². The minimum atomic E-state index is -4.88. The Morgan fingerprint density at radius 1 is 1.33 bits per heavy atom. The molecule has 0 saturated heterocycles. The lowest BCUT2D eigenvalue weighted by Gasteiger charge is -2.27. The van der Waals surface area contributed by atoms with Crippen LogP contribution in [-0.2, 0) is 0 Å². The molecule has 0 radical (unpaired) electrons. The molecule has 0 bridgehead atoms.